The summed E-state index contributed by atoms with van der Waals surface area (Å²) >= 11 is 1.80. The Labute approximate surface area is 147 Å². The van der Waals surface area contributed by atoms with Gasteiger partial charge in [0.05, 0.1) is 16.4 Å². The van der Waals surface area contributed by atoms with Crippen molar-refractivity contribution in [2.24, 2.45) is 0 Å². The van der Waals surface area contributed by atoms with Gasteiger partial charge in [0.1, 0.15) is 6.26 Å². The van der Waals surface area contributed by atoms with Crippen LogP contribution in [-0.4, -0.2) is 9.97 Å². The van der Waals surface area contributed by atoms with Crippen molar-refractivity contribution < 1.29 is 4.42 Å². The summed E-state index contributed by atoms with van der Waals surface area (Å²) in [7, 11) is 0. The molecule has 0 fully saturated rings. The molecule has 0 aliphatic rings. The molecule has 0 spiro atoms. The molecular formula is C19H23N3OS. The van der Waals surface area contributed by atoms with Crippen LogP contribution >= 0.6 is 11.3 Å². The van der Waals surface area contributed by atoms with Gasteiger partial charge in [0.2, 0.25) is 5.89 Å². The van der Waals surface area contributed by atoms with E-state index in [2.05, 4.69) is 43.0 Å². The summed E-state index contributed by atoms with van der Waals surface area (Å²) < 4.78 is 5.59. The molecule has 1 atom stereocenters. The fourth-order valence-electron chi connectivity index (χ4n) is 2.53. The predicted octanol–water partition coefficient (Wildman–Crippen LogP) is 5.08. The van der Waals surface area contributed by atoms with E-state index in [0.717, 1.165) is 17.0 Å². The number of hydrogen-bond donors (Lipinski definition) is 1. The Balaban J connectivity index is 1.65. The van der Waals surface area contributed by atoms with Gasteiger partial charge in [-0.3, -0.25) is 0 Å². The van der Waals surface area contributed by atoms with Crippen molar-refractivity contribution in [3.05, 3.63) is 57.9 Å². The largest absolute Gasteiger partial charge is 0.444 e. The van der Waals surface area contributed by atoms with E-state index < -0.39 is 0 Å². The number of aromatic nitrogens is 2. The standard InChI is InChI=1S/C19H23N3OS/c1-12(2)19-21-14(4)17(24-19)13(3)20-10-16-11-23-18(22-16)15-8-6-5-7-9-15/h5-9,11-13,20H,10H2,1-4H3/t13-/m1/s1. The van der Waals surface area contributed by atoms with Crippen LogP contribution in [0.4, 0.5) is 0 Å². The van der Waals surface area contributed by atoms with Gasteiger partial charge in [0, 0.05) is 28.9 Å². The lowest BCUT2D eigenvalue weighted by molar-refractivity contribution is 0.556. The van der Waals surface area contributed by atoms with Crippen LogP contribution in [0.1, 0.15) is 54.0 Å². The Hall–Kier alpha value is -1.98. The van der Waals surface area contributed by atoms with Gasteiger partial charge in [0.25, 0.3) is 0 Å². The fraction of sp³-hybridized carbons (Fsp3) is 0.368. The summed E-state index contributed by atoms with van der Waals surface area (Å²) in [6, 6.07) is 10.2. The van der Waals surface area contributed by atoms with Gasteiger partial charge in [0.15, 0.2) is 0 Å². The van der Waals surface area contributed by atoms with Gasteiger partial charge >= 0.3 is 0 Å². The normalized spacial score (nSPS) is 12.7. The number of benzene rings is 1. The number of thiazole rings is 1. The summed E-state index contributed by atoms with van der Waals surface area (Å²) in [4.78, 5) is 10.5. The molecule has 0 radical (unpaired) electrons. The van der Waals surface area contributed by atoms with Gasteiger partial charge in [-0.05, 0) is 26.0 Å². The number of aryl methyl sites for hydroxylation is 1. The molecule has 2 aromatic heterocycles. The molecule has 24 heavy (non-hydrogen) atoms. The van der Waals surface area contributed by atoms with Crippen LogP contribution in [0.3, 0.4) is 0 Å². The number of oxazole rings is 1. The first kappa shape index (κ1) is 16.9. The lowest BCUT2D eigenvalue weighted by Crippen LogP contribution is -2.18. The summed E-state index contributed by atoms with van der Waals surface area (Å²) in [5, 5.41) is 4.72. The molecule has 0 unspecified atom stereocenters. The minimum Gasteiger partial charge on any atom is -0.444 e. The first-order chi connectivity index (χ1) is 11.5. The molecule has 2 heterocycles. The molecule has 0 aliphatic heterocycles. The second-order valence-corrected chi connectivity index (χ2v) is 7.33. The zero-order valence-electron chi connectivity index (χ0n) is 14.5. The van der Waals surface area contributed by atoms with Crippen LogP contribution in [0.25, 0.3) is 11.5 Å². The van der Waals surface area contributed by atoms with Crippen LogP contribution in [0, 0.1) is 6.92 Å². The molecule has 0 bridgehead atoms. The van der Waals surface area contributed by atoms with Crippen LogP contribution in [0.15, 0.2) is 41.0 Å². The molecule has 0 saturated heterocycles. The van der Waals surface area contributed by atoms with E-state index in [1.807, 2.05) is 30.3 Å². The molecule has 0 amide bonds. The van der Waals surface area contributed by atoms with Crippen LogP contribution in [0.2, 0.25) is 0 Å². The van der Waals surface area contributed by atoms with Gasteiger partial charge in [-0.25, -0.2) is 9.97 Å². The highest BCUT2D eigenvalue weighted by Gasteiger charge is 2.16. The van der Waals surface area contributed by atoms with Crippen molar-refractivity contribution in [1.29, 1.82) is 0 Å². The van der Waals surface area contributed by atoms with Crippen molar-refractivity contribution in [2.75, 3.05) is 0 Å². The minimum absolute atomic E-state index is 0.242. The summed E-state index contributed by atoms with van der Waals surface area (Å²) in [5.74, 6) is 1.13. The topological polar surface area (TPSA) is 51.0 Å². The number of nitrogens with one attached hydrogen (secondary N) is 1. The monoisotopic (exact) mass is 341 g/mol. The zero-order chi connectivity index (χ0) is 17.1. The highest BCUT2D eigenvalue weighted by Crippen LogP contribution is 2.29. The Morgan fingerprint density at radius 2 is 1.88 bits per heavy atom. The Kier molecular flexibility index (Phi) is 5.11. The van der Waals surface area contributed by atoms with Gasteiger partial charge in [-0.2, -0.15) is 0 Å². The average molecular weight is 341 g/mol. The smallest absolute Gasteiger partial charge is 0.226 e. The highest BCUT2D eigenvalue weighted by molar-refractivity contribution is 7.11. The van der Waals surface area contributed by atoms with E-state index in [1.54, 1.807) is 17.6 Å². The summed E-state index contributed by atoms with van der Waals surface area (Å²) in [6.07, 6.45) is 1.72. The molecule has 126 valence electrons. The molecule has 0 aliphatic carbocycles. The van der Waals surface area contributed by atoms with Crippen molar-refractivity contribution in [2.45, 2.75) is 46.2 Å². The Morgan fingerprint density at radius 1 is 1.12 bits per heavy atom. The third-order valence-electron chi connectivity index (χ3n) is 3.90. The van der Waals surface area contributed by atoms with E-state index in [-0.39, 0.29) is 6.04 Å². The van der Waals surface area contributed by atoms with Crippen LogP contribution < -0.4 is 5.32 Å². The molecule has 1 aromatic carbocycles. The molecule has 1 N–H and O–H groups in total. The Bertz CT molecular complexity index is 792. The molecule has 3 rings (SSSR count). The van der Waals surface area contributed by atoms with E-state index in [4.69, 9.17) is 4.42 Å². The van der Waals surface area contributed by atoms with Gasteiger partial charge in [-0.15, -0.1) is 11.3 Å². The lowest BCUT2D eigenvalue weighted by Gasteiger charge is -2.11. The second-order valence-electron chi connectivity index (χ2n) is 6.27. The van der Waals surface area contributed by atoms with E-state index >= 15 is 0 Å². The van der Waals surface area contributed by atoms with E-state index in [1.165, 1.54) is 9.88 Å². The number of hydrogen-bond acceptors (Lipinski definition) is 5. The number of rotatable bonds is 6. The molecular weight excluding hydrogens is 318 g/mol. The maximum atomic E-state index is 5.59. The molecule has 3 aromatic rings. The SMILES string of the molecule is Cc1nc(C(C)C)sc1[C@@H](C)NCc1coc(-c2ccccc2)n1. The Morgan fingerprint density at radius 3 is 2.54 bits per heavy atom. The lowest BCUT2D eigenvalue weighted by atomic mass is 10.2. The van der Waals surface area contributed by atoms with Gasteiger partial charge < -0.3 is 9.73 Å². The average Bonchev–Trinajstić information content (AvgIpc) is 3.20. The predicted molar refractivity (Wildman–Crippen MR) is 98.1 cm³/mol. The minimum atomic E-state index is 0.242. The second kappa shape index (κ2) is 7.28. The van der Waals surface area contributed by atoms with Crippen LogP contribution in [0.5, 0.6) is 0 Å². The third kappa shape index (κ3) is 3.74. The van der Waals surface area contributed by atoms with Crippen LogP contribution in [-0.2, 0) is 6.54 Å². The fourth-order valence-corrected chi connectivity index (χ4v) is 3.63. The maximum absolute atomic E-state index is 5.59. The van der Waals surface area contributed by atoms with Crippen molar-refractivity contribution in [1.82, 2.24) is 15.3 Å². The van der Waals surface area contributed by atoms with Gasteiger partial charge in [-0.1, -0.05) is 32.0 Å². The van der Waals surface area contributed by atoms with Crippen molar-refractivity contribution in [3.63, 3.8) is 0 Å². The quantitative estimate of drug-likeness (QED) is 0.679. The molecule has 0 saturated carbocycles. The first-order valence-electron chi connectivity index (χ1n) is 8.25. The summed E-state index contributed by atoms with van der Waals surface area (Å²) in [6.45, 7) is 9.29. The number of nitrogens with zero attached hydrogens (tertiary/aromatic N) is 2. The highest BCUT2D eigenvalue weighted by atomic mass is 32.1. The molecule has 5 heteroatoms. The summed E-state index contributed by atoms with van der Waals surface area (Å²) in [5.41, 5.74) is 3.03. The van der Waals surface area contributed by atoms with E-state index in [0.29, 0.717) is 18.4 Å². The molecule has 4 nitrogen and oxygen atoms in total. The van der Waals surface area contributed by atoms with Crippen molar-refractivity contribution >= 4 is 11.3 Å². The zero-order valence-corrected chi connectivity index (χ0v) is 15.4. The third-order valence-corrected chi connectivity index (χ3v) is 5.54. The first-order valence-corrected chi connectivity index (χ1v) is 9.06. The maximum Gasteiger partial charge on any atom is 0.226 e. The van der Waals surface area contributed by atoms with Crippen molar-refractivity contribution in [3.8, 4) is 11.5 Å². The van der Waals surface area contributed by atoms with E-state index in [9.17, 15) is 0 Å².